The Kier molecular flexibility index (Phi) is 4.39. The molecule has 1 amide bonds. The second kappa shape index (κ2) is 6.47. The van der Waals surface area contributed by atoms with Gasteiger partial charge in [-0.05, 0) is 23.6 Å². The van der Waals surface area contributed by atoms with E-state index in [1.807, 2.05) is 0 Å². The van der Waals surface area contributed by atoms with Crippen LogP contribution < -0.4 is 10.9 Å². The number of hydrogen-bond donors (Lipinski definition) is 2. The number of hydrogen-bond acceptors (Lipinski definition) is 5. The second-order valence-corrected chi connectivity index (χ2v) is 6.35. The fraction of sp³-hybridized carbons (Fsp3) is 0.0714. The fourth-order valence-electron chi connectivity index (χ4n) is 1.82. The predicted molar refractivity (Wildman–Crippen MR) is 86.0 cm³/mol. The number of aromatic amines is 1. The Balaban J connectivity index is 1.65. The van der Waals surface area contributed by atoms with E-state index in [4.69, 9.17) is 0 Å². The van der Waals surface area contributed by atoms with Crippen molar-refractivity contribution in [3.05, 3.63) is 51.6 Å². The third kappa shape index (κ3) is 3.57. The van der Waals surface area contributed by atoms with Crippen LogP contribution in [0.5, 0.6) is 0 Å². The highest BCUT2D eigenvalue weighted by Crippen LogP contribution is 2.19. The van der Waals surface area contributed by atoms with Crippen LogP contribution >= 0.6 is 23.1 Å². The van der Waals surface area contributed by atoms with Crippen LogP contribution in [0, 0.1) is 11.6 Å². The average Bonchev–Trinajstić information content (AvgIpc) is 2.98. The Hall–Kier alpha value is -2.26. The SMILES string of the molecule is O=C(CSc1nc2ccsc2c(=O)[nH]1)Nc1ccc(F)c(F)c1. The Morgan fingerprint density at radius 2 is 2.13 bits per heavy atom. The lowest BCUT2D eigenvalue weighted by Crippen LogP contribution is -2.15. The zero-order valence-electron chi connectivity index (χ0n) is 11.4. The Labute approximate surface area is 136 Å². The van der Waals surface area contributed by atoms with E-state index >= 15 is 0 Å². The Morgan fingerprint density at radius 1 is 1.30 bits per heavy atom. The number of H-pyrrole nitrogens is 1. The summed E-state index contributed by atoms with van der Waals surface area (Å²) in [4.78, 5) is 30.4. The van der Waals surface area contributed by atoms with E-state index in [2.05, 4.69) is 15.3 Å². The van der Waals surface area contributed by atoms with Crippen molar-refractivity contribution in [2.75, 3.05) is 11.1 Å². The van der Waals surface area contributed by atoms with Crippen molar-refractivity contribution in [3.8, 4) is 0 Å². The van der Waals surface area contributed by atoms with Gasteiger partial charge in [-0.15, -0.1) is 11.3 Å². The first kappa shape index (κ1) is 15.6. The minimum absolute atomic E-state index is 0.0302. The summed E-state index contributed by atoms with van der Waals surface area (Å²) in [6.45, 7) is 0. The van der Waals surface area contributed by atoms with Crippen LogP contribution in [0.15, 0.2) is 39.6 Å². The molecule has 2 N–H and O–H groups in total. The summed E-state index contributed by atoms with van der Waals surface area (Å²) in [5.74, 6) is -2.47. The standard InChI is InChI=1S/C14H9F2N3O2S2/c15-8-2-1-7(5-9(8)16)17-11(20)6-23-14-18-10-3-4-22-12(10)13(21)19-14/h1-5H,6H2,(H,17,20)(H,18,19,21). The van der Waals surface area contributed by atoms with Gasteiger partial charge in [0.15, 0.2) is 16.8 Å². The van der Waals surface area contributed by atoms with Gasteiger partial charge >= 0.3 is 0 Å². The number of thioether (sulfide) groups is 1. The van der Waals surface area contributed by atoms with Crippen molar-refractivity contribution in [1.82, 2.24) is 9.97 Å². The quantitative estimate of drug-likeness (QED) is 0.559. The Morgan fingerprint density at radius 3 is 2.91 bits per heavy atom. The zero-order chi connectivity index (χ0) is 16.4. The van der Waals surface area contributed by atoms with Crippen molar-refractivity contribution >= 4 is 44.9 Å². The number of nitrogens with zero attached hydrogens (tertiary/aromatic N) is 1. The summed E-state index contributed by atoms with van der Waals surface area (Å²) in [5, 5.41) is 4.52. The summed E-state index contributed by atoms with van der Waals surface area (Å²) in [6, 6.07) is 4.82. The monoisotopic (exact) mass is 353 g/mol. The highest BCUT2D eigenvalue weighted by Gasteiger charge is 2.09. The Bertz CT molecular complexity index is 939. The van der Waals surface area contributed by atoms with Crippen LogP contribution in [0.25, 0.3) is 10.2 Å². The highest BCUT2D eigenvalue weighted by atomic mass is 32.2. The number of benzene rings is 1. The molecular weight excluding hydrogens is 344 g/mol. The van der Waals surface area contributed by atoms with E-state index in [0.717, 1.165) is 23.9 Å². The number of amides is 1. The third-order valence-corrected chi connectivity index (χ3v) is 4.61. The number of carbonyl (C=O) groups is 1. The van der Waals surface area contributed by atoms with Crippen LogP contribution in [0.1, 0.15) is 0 Å². The number of anilines is 1. The molecule has 0 aliphatic rings. The zero-order valence-corrected chi connectivity index (χ0v) is 13.1. The topological polar surface area (TPSA) is 74.8 Å². The van der Waals surface area contributed by atoms with E-state index in [9.17, 15) is 18.4 Å². The molecule has 2 heterocycles. The molecule has 0 aliphatic carbocycles. The first-order chi connectivity index (χ1) is 11.0. The fourth-order valence-corrected chi connectivity index (χ4v) is 3.22. The van der Waals surface area contributed by atoms with Crippen molar-refractivity contribution in [1.29, 1.82) is 0 Å². The summed E-state index contributed by atoms with van der Waals surface area (Å²) in [6.07, 6.45) is 0. The number of thiophene rings is 1. The average molecular weight is 353 g/mol. The molecular formula is C14H9F2N3O2S2. The molecule has 23 heavy (non-hydrogen) atoms. The molecule has 3 rings (SSSR count). The molecule has 118 valence electrons. The normalized spacial score (nSPS) is 10.9. The van der Waals surface area contributed by atoms with Gasteiger partial charge in [0.1, 0.15) is 4.70 Å². The molecule has 0 unspecified atom stereocenters. The van der Waals surface area contributed by atoms with Gasteiger partial charge < -0.3 is 10.3 Å². The van der Waals surface area contributed by atoms with Gasteiger partial charge in [-0.25, -0.2) is 13.8 Å². The minimum atomic E-state index is -1.04. The molecule has 0 bridgehead atoms. The maximum atomic E-state index is 13.1. The molecule has 0 fully saturated rings. The van der Waals surface area contributed by atoms with E-state index in [-0.39, 0.29) is 17.0 Å². The predicted octanol–water partition coefficient (Wildman–Crippen LogP) is 2.99. The summed E-state index contributed by atoms with van der Waals surface area (Å²) in [5.41, 5.74) is 0.472. The van der Waals surface area contributed by atoms with Gasteiger partial charge in [-0.3, -0.25) is 9.59 Å². The van der Waals surface area contributed by atoms with E-state index in [1.165, 1.54) is 17.4 Å². The van der Waals surface area contributed by atoms with Gasteiger partial charge in [0.2, 0.25) is 5.91 Å². The molecule has 0 radical (unpaired) electrons. The van der Waals surface area contributed by atoms with Crippen LogP contribution in [0.2, 0.25) is 0 Å². The van der Waals surface area contributed by atoms with Gasteiger partial charge in [0.25, 0.3) is 5.56 Å². The summed E-state index contributed by atoms with van der Waals surface area (Å²) in [7, 11) is 0. The van der Waals surface area contributed by atoms with Crippen LogP contribution in [0.4, 0.5) is 14.5 Å². The number of fused-ring (bicyclic) bond motifs is 1. The minimum Gasteiger partial charge on any atom is -0.325 e. The first-order valence-electron chi connectivity index (χ1n) is 6.38. The first-order valence-corrected chi connectivity index (χ1v) is 8.24. The number of nitrogens with one attached hydrogen (secondary N) is 2. The molecule has 9 heteroatoms. The van der Waals surface area contributed by atoms with Crippen molar-refractivity contribution in [3.63, 3.8) is 0 Å². The molecule has 0 atom stereocenters. The highest BCUT2D eigenvalue weighted by molar-refractivity contribution is 7.99. The molecule has 0 saturated carbocycles. The number of aromatic nitrogens is 2. The van der Waals surface area contributed by atoms with Crippen LogP contribution in [-0.4, -0.2) is 21.6 Å². The maximum absolute atomic E-state index is 13.1. The van der Waals surface area contributed by atoms with Crippen LogP contribution in [-0.2, 0) is 4.79 Å². The van der Waals surface area contributed by atoms with Crippen molar-refractivity contribution in [2.45, 2.75) is 5.16 Å². The lowest BCUT2D eigenvalue weighted by Gasteiger charge is -2.05. The van der Waals surface area contributed by atoms with E-state index in [1.54, 1.807) is 11.4 Å². The van der Waals surface area contributed by atoms with E-state index < -0.39 is 17.5 Å². The molecule has 0 spiro atoms. The van der Waals surface area contributed by atoms with Crippen molar-refractivity contribution < 1.29 is 13.6 Å². The van der Waals surface area contributed by atoms with Gasteiger partial charge in [0, 0.05) is 11.8 Å². The van der Waals surface area contributed by atoms with Gasteiger partial charge in [-0.2, -0.15) is 0 Å². The molecule has 0 aliphatic heterocycles. The lowest BCUT2D eigenvalue weighted by atomic mass is 10.3. The molecule has 2 aromatic heterocycles. The molecule has 1 aromatic carbocycles. The number of rotatable bonds is 4. The molecule has 3 aromatic rings. The smallest absolute Gasteiger partial charge is 0.269 e. The van der Waals surface area contributed by atoms with Crippen molar-refractivity contribution in [2.24, 2.45) is 0 Å². The second-order valence-electron chi connectivity index (χ2n) is 4.47. The molecule has 0 saturated heterocycles. The summed E-state index contributed by atoms with van der Waals surface area (Å²) < 4.78 is 26.4. The molecule has 5 nitrogen and oxygen atoms in total. The largest absolute Gasteiger partial charge is 0.325 e. The summed E-state index contributed by atoms with van der Waals surface area (Å²) >= 11 is 2.34. The van der Waals surface area contributed by atoms with Gasteiger partial charge in [0.05, 0.1) is 11.3 Å². The number of halogens is 2. The number of carbonyl (C=O) groups excluding carboxylic acids is 1. The van der Waals surface area contributed by atoms with Gasteiger partial charge in [-0.1, -0.05) is 11.8 Å². The third-order valence-electron chi connectivity index (χ3n) is 2.84. The maximum Gasteiger partial charge on any atom is 0.269 e. The van der Waals surface area contributed by atoms with E-state index in [0.29, 0.717) is 15.4 Å². The lowest BCUT2D eigenvalue weighted by molar-refractivity contribution is -0.113. The van der Waals surface area contributed by atoms with Crippen LogP contribution in [0.3, 0.4) is 0 Å².